The van der Waals surface area contributed by atoms with Gasteiger partial charge in [0.05, 0.1) is 5.56 Å². The number of pyridine rings is 1. The predicted molar refractivity (Wildman–Crippen MR) is 53.2 cm³/mol. The fraction of sp³-hybridized carbons (Fsp3) is 0.250. The number of hydrogen-bond donors (Lipinski definition) is 2. The minimum atomic E-state index is -0.211. The van der Waals surface area contributed by atoms with Crippen molar-refractivity contribution in [3.05, 3.63) is 34.2 Å². The molecule has 0 fully saturated rings. The number of aromatic nitrogens is 1. The highest BCUT2D eigenvalue weighted by molar-refractivity contribution is 9.09. The van der Waals surface area contributed by atoms with Crippen molar-refractivity contribution >= 4 is 21.8 Å². The smallest absolute Gasteiger partial charge is 0.252 e. The van der Waals surface area contributed by atoms with Crippen molar-refractivity contribution in [2.45, 2.75) is 0 Å². The van der Waals surface area contributed by atoms with Gasteiger partial charge in [-0.2, -0.15) is 0 Å². The van der Waals surface area contributed by atoms with E-state index in [0.29, 0.717) is 17.4 Å². The molecule has 0 aliphatic rings. The van der Waals surface area contributed by atoms with Crippen LogP contribution in [0.2, 0.25) is 0 Å². The molecule has 0 unspecified atom stereocenters. The molecule has 13 heavy (non-hydrogen) atoms. The molecule has 1 rings (SSSR count). The molecule has 70 valence electrons. The predicted octanol–water partition coefficient (Wildman–Crippen LogP) is 0.500. The molecular weight excluding hydrogens is 236 g/mol. The fourth-order valence-corrected chi connectivity index (χ4v) is 1.01. The van der Waals surface area contributed by atoms with Crippen molar-refractivity contribution < 1.29 is 4.79 Å². The normalized spacial score (nSPS) is 9.62. The van der Waals surface area contributed by atoms with Gasteiger partial charge in [-0.1, -0.05) is 15.9 Å². The molecule has 0 spiro atoms. The number of aromatic amines is 1. The Morgan fingerprint density at radius 3 is 2.85 bits per heavy atom. The van der Waals surface area contributed by atoms with Crippen molar-refractivity contribution in [1.82, 2.24) is 10.3 Å². The summed E-state index contributed by atoms with van der Waals surface area (Å²) >= 11 is 3.19. The van der Waals surface area contributed by atoms with Gasteiger partial charge in [-0.25, -0.2) is 0 Å². The number of carbonyl (C=O) groups is 1. The third kappa shape index (κ3) is 3.02. The van der Waals surface area contributed by atoms with E-state index in [4.69, 9.17) is 0 Å². The van der Waals surface area contributed by atoms with E-state index in [1.54, 1.807) is 0 Å². The molecule has 4 nitrogen and oxygen atoms in total. The van der Waals surface area contributed by atoms with E-state index in [0.717, 1.165) is 0 Å². The summed E-state index contributed by atoms with van der Waals surface area (Å²) in [6.45, 7) is 0.567. The van der Waals surface area contributed by atoms with E-state index in [-0.39, 0.29) is 11.5 Å². The minimum absolute atomic E-state index is 0.185. The molecule has 1 aromatic heterocycles. The van der Waals surface area contributed by atoms with Crippen molar-refractivity contribution in [2.75, 3.05) is 11.9 Å². The first kappa shape index (κ1) is 9.98. The second-order valence-electron chi connectivity index (χ2n) is 2.39. The number of amides is 1. The van der Waals surface area contributed by atoms with Crippen LogP contribution in [0.4, 0.5) is 0 Å². The summed E-state index contributed by atoms with van der Waals surface area (Å²) in [5.41, 5.74) is 0.248. The molecule has 2 N–H and O–H groups in total. The zero-order chi connectivity index (χ0) is 9.68. The molecule has 0 radical (unpaired) electrons. The molecule has 0 saturated heterocycles. The van der Waals surface area contributed by atoms with Gasteiger partial charge >= 0.3 is 0 Å². The standard InChI is InChI=1S/C8H9BrN2O2/c9-3-4-10-8(13)6-1-2-7(12)11-5-6/h1-2,5H,3-4H2,(H,10,13)(H,11,12). The Bertz CT molecular complexity index is 328. The number of rotatable bonds is 3. The number of nitrogens with one attached hydrogen (secondary N) is 2. The molecule has 0 aromatic carbocycles. The van der Waals surface area contributed by atoms with Crippen LogP contribution in [0.15, 0.2) is 23.1 Å². The molecule has 1 heterocycles. The number of hydrogen-bond acceptors (Lipinski definition) is 2. The van der Waals surface area contributed by atoms with Gasteiger partial charge in [-0.05, 0) is 6.07 Å². The highest BCUT2D eigenvalue weighted by atomic mass is 79.9. The van der Waals surface area contributed by atoms with Gasteiger partial charge in [0, 0.05) is 24.1 Å². The van der Waals surface area contributed by atoms with Crippen LogP contribution >= 0.6 is 15.9 Å². The van der Waals surface area contributed by atoms with Crippen LogP contribution in [0.3, 0.4) is 0 Å². The van der Waals surface area contributed by atoms with E-state index < -0.39 is 0 Å². The SMILES string of the molecule is O=C(NCCBr)c1ccc(=O)[nH]c1. The Morgan fingerprint density at radius 1 is 1.54 bits per heavy atom. The molecule has 1 aromatic rings. The fourth-order valence-electron chi connectivity index (χ4n) is 0.815. The Hall–Kier alpha value is -1.10. The van der Waals surface area contributed by atoms with Crippen molar-refractivity contribution in [3.8, 4) is 0 Å². The molecule has 0 atom stereocenters. The summed E-state index contributed by atoms with van der Waals surface area (Å²) in [6.07, 6.45) is 1.39. The Balaban J connectivity index is 2.66. The van der Waals surface area contributed by atoms with Gasteiger partial charge in [0.1, 0.15) is 0 Å². The summed E-state index contributed by atoms with van der Waals surface area (Å²) in [7, 11) is 0. The molecule has 0 saturated carbocycles. The van der Waals surface area contributed by atoms with Crippen LogP contribution in [-0.4, -0.2) is 22.8 Å². The van der Waals surface area contributed by atoms with Crippen molar-refractivity contribution in [3.63, 3.8) is 0 Å². The number of halogens is 1. The molecular formula is C8H9BrN2O2. The molecule has 5 heteroatoms. The van der Waals surface area contributed by atoms with Gasteiger partial charge < -0.3 is 10.3 Å². The third-order valence-electron chi connectivity index (χ3n) is 1.43. The number of alkyl halides is 1. The maximum atomic E-state index is 11.3. The zero-order valence-corrected chi connectivity index (χ0v) is 8.43. The van der Waals surface area contributed by atoms with E-state index in [1.165, 1.54) is 18.3 Å². The van der Waals surface area contributed by atoms with Crippen LogP contribution < -0.4 is 10.9 Å². The van der Waals surface area contributed by atoms with Crippen molar-refractivity contribution in [1.29, 1.82) is 0 Å². The second-order valence-corrected chi connectivity index (χ2v) is 3.18. The number of carbonyl (C=O) groups excluding carboxylic acids is 1. The van der Waals surface area contributed by atoms with Crippen LogP contribution in [0.1, 0.15) is 10.4 Å². The Labute approximate surface area is 83.5 Å². The topological polar surface area (TPSA) is 62.0 Å². The summed E-state index contributed by atoms with van der Waals surface area (Å²) in [5, 5.41) is 3.37. The lowest BCUT2D eigenvalue weighted by Crippen LogP contribution is -2.25. The quantitative estimate of drug-likeness (QED) is 0.761. The van der Waals surface area contributed by atoms with Crippen LogP contribution in [0.5, 0.6) is 0 Å². The van der Waals surface area contributed by atoms with Crippen LogP contribution in [0, 0.1) is 0 Å². The highest BCUT2D eigenvalue weighted by Gasteiger charge is 2.02. The average molecular weight is 245 g/mol. The maximum absolute atomic E-state index is 11.3. The summed E-state index contributed by atoms with van der Waals surface area (Å²) < 4.78 is 0. The first-order chi connectivity index (χ1) is 6.24. The highest BCUT2D eigenvalue weighted by Crippen LogP contribution is 1.92. The van der Waals surface area contributed by atoms with Crippen LogP contribution in [0.25, 0.3) is 0 Å². The summed E-state index contributed by atoms with van der Waals surface area (Å²) in [6, 6.07) is 2.81. The minimum Gasteiger partial charge on any atom is -0.351 e. The van der Waals surface area contributed by atoms with Gasteiger partial charge in [0.15, 0.2) is 0 Å². The van der Waals surface area contributed by atoms with Gasteiger partial charge in [-0.15, -0.1) is 0 Å². The second kappa shape index (κ2) is 4.81. The number of H-pyrrole nitrogens is 1. The average Bonchev–Trinajstić information content (AvgIpc) is 2.15. The summed E-state index contributed by atoms with van der Waals surface area (Å²) in [4.78, 5) is 24.4. The van der Waals surface area contributed by atoms with E-state index >= 15 is 0 Å². The maximum Gasteiger partial charge on any atom is 0.252 e. The lowest BCUT2D eigenvalue weighted by atomic mass is 10.3. The Morgan fingerprint density at radius 2 is 2.31 bits per heavy atom. The largest absolute Gasteiger partial charge is 0.351 e. The van der Waals surface area contributed by atoms with Crippen LogP contribution in [-0.2, 0) is 0 Å². The van der Waals surface area contributed by atoms with Gasteiger partial charge in [0.2, 0.25) is 5.56 Å². The molecule has 0 aliphatic carbocycles. The molecule has 0 aliphatic heterocycles. The lowest BCUT2D eigenvalue weighted by molar-refractivity contribution is 0.0956. The zero-order valence-electron chi connectivity index (χ0n) is 6.84. The monoisotopic (exact) mass is 244 g/mol. The van der Waals surface area contributed by atoms with E-state index in [9.17, 15) is 9.59 Å². The van der Waals surface area contributed by atoms with E-state index in [1.807, 2.05) is 0 Å². The first-order valence-electron chi connectivity index (χ1n) is 3.77. The summed E-state index contributed by atoms with van der Waals surface area (Å²) in [5.74, 6) is -0.185. The van der Waals surface area contributed by atoms with Crippen molar-refractivity contribution in [2.24, 2.45) is 0 Å². The first-order valence-corrected chi connectivity index (χ1v) is 4.89. The third-order valence-corrected chi connectivity index (χ3v) is 1.82. The molecule has 0 bridgehead atoms. The van der Waals surface area contributed by atoms with Gasteiger partial charge in [-0.3, -0.25) is 9.59 Å². The van der Waals surface area contributed by atoms with E-state index in [2.05, 4.69) is 26.2 Å². The van der Waals surface area contributed by atoms with Gasteiger partial charge in [0.25, 0.3) is 5.91 Å². The Kier molecular flexibility index (Phi) is 3.70. The lowest BCUT2D eigenvalue weighted by Gasteiger charge is -2.01. The molecule has 1 amide bonds.